The Labute approximate surface area is 89.1 Å². The van der Waals surface area contributed by atoms with E-state index in [2.05, 4.69) is 5.32 Å². The smallest absolute Gasteiger partial charge is 0.405 e. The van der Waals surface area contributed by atoms with Crippen molar-refractivity contribution in [3.8, 4) is 0 Å². The predicted molar refractivity (Wildman–Crippen MR) is 57.9 cm³/mol. The molecule has 1 amide bonds. The third-order valence-corrected chi connectivity index (χ3v) is 3.07. The summed E-state index contributed by atoms with van der Waals surface area (Å²) < 4.78 is 0. The van der Waals surface area contributed by atoms with Gasteiger partial charge in [-0.05, 0) is 31.2 Å². The second-order valence-corrected chi connectivity index (χ2v) is 4.23. The van der Waals surface area contributed by atoms with Gasteiger partial charge in [0.05, 0.1) is 0 Å². The number of carboxylic acid groups (broad SMARTS) is 1. The molecule has 1 aromatic carbocycles. The van der Waals surface area contributed by atoms with E-state index in [-0.39, 0.29) is 5.54 Å². The van der Waals surface area contributed by atoms with Crippen LogP contribution in [-0.2, 0) is 6.42 Å². The van der Waals surface area contributed by atoms with Gasteiger partial charge in [-0.3, -0.25) is 0 Å². The van der Waals surface area contributed by atoms with Crippen LogP contribution in [0.15, 0.2) is 30.3 Å². The van der Waals surface area contributed by atoms with Crippen LogP contribution in [0.25, 0.3) is 0 Å². The molecule has 0 radical (unpaired) electrons. The second kappa shape index (κ2) is 3.93. The first-order chi connectivity index (χ1) is 7.20. The summed E-state index contributed by atoms with van der Waals surface area (Å²) in [6.07, 6.45) is 2.92. The van der Waals surface area contributed by atoms with Crippen LogP contribution in [-0.4, -0.2) is 16.7 Å². The first-order valence-electron chi connectivity index (χ1n) is 5.25. The molecular weight excluding hydrogens is 190 g/mol. The van der Waals surface area contributed by atoms with Gasteiger partial charge in [-0.1, -0.05) is 30.3 Å². The van der Waals surface area contributed by atoms with E-state index in [4.69, 9.17) is 5.11 Å². The molecule has 15 heavy (non-hydrogen) atoms. The van der Waals surface area contributed by atoms with E-state index in [9.17, 15) is 4.79 Å². The minimum absolute atomic E-state index is 0.201. The number of benzene rings is 1. The SMILES string of the molecule is O=C(O)NC1(Cc2ccccc2)CCC1. The molecule has 1 aliphatic rings. The summed E-state index contributed by atoms with van der Waals surface area (Å²) in [5.41, 5.74) is 0.999. The highest BCUT2D eigenvalue weighted by Gasteiger charge is 2.38. The Morgan fingerprint density at radius 3 is 2.47 bits per heavy atom. The highest BCUT2D eigenvalue weighted by Crippen LogP contribution is 2.34. The molecule has 1 aliphatic carbocycles. The Bertz CT molecular complexity index is 344. The molecule has 0 heterocycles. The monoisotopic (exact) mass is 205 g/mol. The summed E-state index contributed by atoms with van der Waals surface area (Å²) in [6, 6.07) is 10.0. The summed E-state index contributed by atoms with van der Waals surface area (Å²) in [5.74, 6) is 0. The fourth-order valence-corrected chi connectivity index (χ4v) is 2.16. The van der Waals surface area contributed by atoms with Crippen molar-refractivity contribution in [2.45, 2.75) is 31.2 Å². The molecule has 80 valence electrons. The van der Waals surface area contributed by atoms with Crippen LogP contribution in [0.1, 0.15) is 24.8 Å². The van der Waals surface area contributed by atoms with E-state index < -0.39 is 6.09 Å². The molecule has 2 N–H and O–H groups in total. The van der Waals surface area contributed by atoms with Crippen molar-refractivity contribution in [2.24, 2.45) is 0 Å². The van der Waals surface area contributed by atoms with E-state index in [0.29, 0.717) is 0 Å². The number of rotatable bonds is 3. The van der Waals surface area contributed by atoms with Crippen LogP contribution in [0, 0.1) is 0 Å². The highest BCUT2D eigenvalue weighted by molar-refractivity contribution is 5.66. The minimum atomic E-state index is -0.911. The van der Waals surface area contributed by atoms with Crippen LogP contribution in [0.4, 0.5) is 4.79 Å². The number of carbonyl (C=O) groups is 1. The number of hydrogen-bond donors (Lipinski definition) is 2. The van der Waals surface area contributed by atoms with Gasteiger partial charge in [0, 0.05) is 5.54 Å². The first-order valence-corrected chi connectivity index (χ1v) is 5.25. The Hall–Kier alpha value is -1.51. The van der Waals surface area contributed by atoms with Crippen molar-refractivity contribution >= 4 is 6.09 Å². The van der Waals surface area contributed by atoms with E-state index in [0.717, 1.165) is 25.7 Å². The average Bonchev–Trinajstić information content (AvgIpc) is 2.15. The first kappa shape index (κ1) is 10.0. The maximum atomic E-state index is 10.7. The Kier molecular flexibility index (Phi) is 2.62. The van der Waals surface area contributed by atoms with Crippen LogP contribution >= 0.6 is 0 Å². The zero-order chi connectivity index (χ0) is 10.7. The van der Waals surface area contributed by atoms with Crippen molar-refractivity contribution in [3.05, 3.63) is 35.9 Å². The summed E-state index contributed by atoms with van der Waals surface area (Å²) in [7, 11) is 0. The van der Waals surface area contributed by atoms with E-state index in [1.807, 2.05) is 30.3 Å². The van der Waals surface area contributed by atoms with Gasteiger partial charge in [-0.2, -0.15) is 0 Å². The van der Waals surface area contributed by atoms with Gasteiger partial charge in [0.15, 0.2) is 0 Å². The zero-order valence-electron chi connectivity index (χ0n) is 8.57. The maximum absolute atomic E-state index is 10.7. The van der Waals surface area contributed by atoms with E-state index in [1.165, 1.54) is 5.56 Å². The molecule has 0 unspecified atom stereocenters. The topological polar surface area (TPSA) is 49.3 Å². The van der Waals surface area contributed by atoms with E-state index in [1.54, 1.807) is 0 Å². The van der Waals surface area contributed by atoms with Crippen molar-refractivity contribution in [1.82, 2.24) is 5.32 Å². The molecular formula is C12H15NO2. The third-order valence-electron chi connectivity index (χ3n) is 3.07. The van der Waals surface area contributed by atoms with Crippen LogP contribution in [0.5, 0.6) is 0 Å². The quantitative estimate of drug-likeness (QED) is 0.796. The Morgan fingerprint density at radius 1 is 1.33 bits per heavy atom. The molecule has 1 saturated carbocycles. The van der Waals surface area contributed by atoms with Gasteiger partial charge in [0.1, 0.15) is 0 Å². The molecule has 0 bridgehead atoms. The third kappa shape index (κ3) is 2.29. The average molecular weight is 205 g/mol. The number of nitrogens with one attached hydrogen (secondary N) is 1. The number of hydrogen-bond acceptors (Lipinski definition) is 1. The van der Waals surface area contributed by atoms with Gasteiger partial charge in [-0.15, -0.1) is 0 Å². The normalized spacial score (nSPS) is 17.9. The molecule has 2 rings (SSSR count). The molecule has 3 nitrogen and oxygen atoms in total. The van der Waals surface area contributed by atoms with Gasteiger partial charge in [0.25, 0.3) is 0 Å². The fraction of sp³-hybridized carbons (Fsp3) is 0.417. The molecule has 0 aliphatic heterocycles. The van der Waals surface area contributed by atoms with Crippen molar-refractivity contribution < 1.29 is 9.90 Å². The summed E-state index contributed by atoms with van der Waals surface area (Å²) in [4.78, 5) is 10.7. The molecule has 3 heteroatoms. The minimum Gasteiger partial charge on any atom is -0.465 e. The molecule has 0 spiro atoms. The lowest BCUT2D eigenvalue weighted by Crippen LogP contribution is -2.54. The Balaban J connectivity index is 2.05. The maximum Gasteiger partial charge on any atom is 0.405 e. The van der Waals surface area contributed by atoms with Crippen LogP contribution in [0.3, 0.4) is 0 Å². The highest BCUT2D eigenvalue weighted by atomic mass is 16.4. The molecule has 1 aromatic rings. The zero-order valence-corrected chi connectivity index (χ0v) is 8.57. The van der Waals surface area contributed by atoms with Crippen molar-refractivity contribution in [2.75, 3.05) is 0 Å². The van der Waals surface area contributed by atoms with E-state index >= 15 is 0 Å². The summed E-state index contributed by atoms with van der Waals surface area (Å²) in [5, 5.41) is 11.4. The summed E-state index contributed by atoms with van der Waals surface area (Å²) >= 11 is 0. The predicted octanol–water partition coefficient (Wildman–Crippen LogP) is 2.42. The lowest BCUT2D eigenvalue weighted by Gasteiger charge is -2.41. The standard InChI is InChI=1S/C12H15NO2/c14-11(15)13-12(7-4-8-12)9-10-5-2-1-3-6-10/h1-3,5-6,13H,4,7-9H2,(H,14,15). The lowest BCUT2D eigenvalue weighted by molar-refractivity contribution is 0.144. The largest absolute Gasteiger partial charge is 0.465 e. The van der Waals surface area contributed by atoms with Crippen LogP contribution in [0.2, 0.25) is 0 Å². The van der Waals surface area contributed by atoms with Crippen LogP contribution < -0.4 is 5.32 Å². The fourth-order valence-electron chi connectivity index (χ4n) is 2.16. The second-order valence-electron chi connectivity index (χ2n) is 4.23. The molecule has 0 atom stereocenters. The van der Waals surface area contributed by atoms with Gasteiger partial charge in [-0.25, -0.2) is 4.79 Å². The molecule has 1 fully saturated rings. The Morgan fingerprint density at radius 2 is 2.00 bits per heavy atom. The van der Waals surface area contributed by atoms with Gasteiger partial charge in [0.2, 0.25) is 0 Å². The van der Waals surface area contributed by atoms with Gasteiger partial charge < -0.3 is 10.4 Å². The molecule has 0 saturated heterocycles. The molecule has 0 aromatic heterocycles. The van der Waals surface area contributed by atoms with Crippen molar-refractivity contribution in [3.63, 3.8) is 0 Å². The lowest BCUT2D eigenvalue weighted by atomic mass is 9.73. The van der Waals surface area contributed by atoms with Crippen molar-refractivity contribution in [1.29, 1.82) is 0 Å². The van der Waals surface area contributed by atoms with Gasteiger partial charge >= 0.3 is 6.09 Å². The number of amides is 1. The summed E-state index contributed by atoms with van der Waals surface area (Å²) in [6.45, 7) is 0.